The van der Waals surface area contributed by atoms with Gasteiger partial charge in [0, 0.05) is 44.1 Å². The Balaban J connectivity index is 0.00000210. The molecule has 1 spiro atoms. The summed E-state index contributed by atoms with van der Waals surface area (Å²) in [6.07, 6.45) is 7.14. The first-order chi connectivity index (χ1) is 12.6. The summed E-state index contributed by atoms with van der Waals surface area (Å²) in [6, 6.07) is 7.11. The molecule has 150 valence electrons. The van der Waals surface area contributed by atoms with E-state index in [1.54, 1.807) is 12.1 Å². The Morgan fingerprint density at radius 3 is 2.56 bits per heavy atom. The molecule has 2 heterocycles. The van der Waals surface area contributed by atoms with Crippen LogP contribution < -0.4 is 5.32 Å². The Labute approximate surface area is 179 Å². The third kappa shape index (κ3) is 4.26. The highest BCUT2D eigenvalue weighted by Gasteiger charge is 2.43. The highest BCUT2D eigenvalue weighted by Crippen LogP contribution is 2.41. The minimum Gasteiger partial charge on any atom is -0.381 e. The molecule has 2 aliphatic heterocycles. The van der Waals surface area contributed by atoms with Crippen LogP contribution in [0.3, 0.4) is 0 Å². The number of aliphatic imine (C=N–C) groups is 1. The van der Waals surface area contributed by atoms with E-state index < -0.39 is 0 Å². The van der Waals surface area contributed by atoms with E-state index in [0.717, 1.165) is 51.6 Å². The number of benzene rings is 1. The predicted octanol–water partition coefficient (Wildman–Crippen LogP) is 3.94. The summed E-state index contributed by atoms with van der Waals surface area (Å²) < 4.78 is 19.0. The molecule has 1 unspecified atom stereocenters. The smallest absolute Gasteiger partial charge is 0.193 e. The third-order valence-corrected chi connectivity index (χ3v) is 6.74. The molecular weight excluding hydrogens is 456 g/mol. The summed E-state index contributed by atoms with van der Waals surface area (Å²) in [7, 11) is 1.87. The van der Waals surface area contributed by atoms with Gasteiger partial charge in [0.2, 0.25) is 0 Å². The molecule has 4 nitrogen and oxygen atoms in total. The molecule has 1 N–H and O–H groups in total. The van der Waals surface area contributed by atoms with Crippen LogP contribution in [0.2, 0.25) is 0 Å². The van der Waals surface area contributed by atoms with Crippen LogP contribution in [0.1, 0.15) is 44.1 Å². The third-order valence-electron chi connectivity index (χ3n) is 6.74. The van der Waals surface area contributed by atoms with E-state index in [2.05, 4.69) is 15.2 Å². The normalized spacial score (nSPS) is 27.2. The van der Waals surface area contributed by atoms with Gasteiger partial charge in [0.15, 0.2) is 5.96 Å². The van der Waals surface area contributed by atoms with E-state index in [-0.39, 0.29) is 35.2 Å². The monoisotopic (exact) mass is 487 g/mol. The van der Waals surface area contributed by atoms with Gasteiger partial charge in [-0.3, -0.25) is 4.99 Å². The Hall–Kier alpha value is -0.890. The van der Waals surface area contributed by atoms with Crippen LogP contribution >= 0.6 is 24.0 Å². The van der Waals surface area contributed by atoms with Crippen LogP contribution in [-0.4, -0.2) is 50.8 Å². The minimum atomic E-state index is -0.160. The van der Waals surface area contributed by atoms with Gasteiger partial charge in [-0.25, -0.2) is 4.39 Å². The average molecular weight is 487 g/mol. The number of hydrogen-bond donors (Lipinski definition) is 1. The summed E-state index contributed by atoms with van der Waals surface area (Å²) in [4.78, 5) is 6.95. The van der Waals surface area contributed by atoms with E-state index in [1.807, 2.05) is 19.2 Å². The van der Waals surface area contributed by atoms with Crippen molar-refractivity contribution in [3.05, 3.63) is 35.6 Å². The first kappa shape index (κ1) is 20.8. The molecule has 3 aliphatic rings. The molecule has 3 fully saturated rings. The van der Waals surface area contributed by atoms with Crippen LogP contribution in [0.4, 0.5) is 4.39 Å². The quantitative estimate of drug-likeness (QED) is 0.399. The van der Waals surface area contributed by atoms with Crippen molar-refractivity contribution in [2.45, 2.75) is 43.9 Å². The number of nitrogens with zero attached hydrogens (tertiary/aromatic N) is 2. The summed E-state index contributed by atoms with van der Waals surface area (Å²) in [6.45, 7) is 4.74. The fourth-order valence-electron chi connectivity index (χ4n) is 5.09. The van der Waals surface area contributed by atoms with Crippen molar-refractivity contribution < 1.29 is 9.13 Å². The summed E-state index contributed by atoms with van der Waals surface area (Å²) >= 11 is 0. The van der Waals surface area contributed by atoms with E-state index in [1.165, 1.54) is 31.2 Å². The average Bonchev–Trinajstić information content (AvgIpc) is 3.40. The number of nitrogens with one attached hydrogen (secondary N) is 1. The summed E-state index contributed by atoms with van der Waals surface area (Å²) in [5, 5.41) is 3.65. The maximum absolute atomic E-state index is 13.4. The largest absolute Gasteiger partial charge is 0.381 e. The van der Waals surface area contributed by atoms with Crippen molar-refractivity contribution >= 4 is 29.9 Å². The highest BCUT2D eigenvalue weighted by atomic mass is 127. The van der Waals surface area contributed by atoms with E-state index in [0.29, 0.717) is 5.41 Å². The summed E-state index contributed by atoms with van der Waals surface area (Å²) in [5.41, 5.74) is 1.68. The first-order valence-corrected chi connectivity index (χ1v) is 9.94. The first-order valence-electron chi connectivity index (χ1n) is 9.94. The number of rotatable bonds is 3. The van der Waals surface area contributed by atoms with Crippen LogP contribution in [0.15, 0.2) is 29.3 Å². The van der Waals surface area contributed by atoms with Gasteiger partial charge >= 0.3 is 0 Å². The fourth-order valence-corrected chi connectivity index (χ4v) is 5.09. The summed E-state index contributed by atoms with van der Waals surface area (Å²) in [5.74, 6) is 0.842. The van der Waals surface area contributed by atoms with Gasteiger partial charge in [-0.05, 0) is 43.4 Å². The van der Waals surface area contributed by atoms with Crippen LogP contribution in [0.5, 0.6) is 0 Å². The van der Waals surface area contributed by atoms with Crippen LogP contribution in [0, 0.1) is 11.2 Å². The van der Waals surface area contributed by atoms with Gasteiger partial charge in [0.05, 0.1) is 6.61 Å². The number of likely N-dealkylation sites (tertiary alicyclic amines) is 1. The SMILES string of the molecule is CN=C(NCC1(c2ccc(F)cc2)CCCC1)N1CCC2(CCOC2)C1.I. The van der Waals surface area contributed by atoms with Crippen molar-refractivity contribution in [1.82, 2.24) is 10.2 Å². The molecule has 1 saturated carbocycles. The van der Waals surface area contributed by atoms with Crippen molar-refractivity contribution in [3.8, 4) is 0 Å². The minimum absolute atomic E-state index is 0. The molecule has 2 saturated heterocycles. The van der Waals surface area contributed by atoms with E-state index >= 15 is 0 Å². The van der Waals surface area contributed by atoms with E-state index in [4.69, 9.17) is 4.74 Å². The van der Waals surface area contributed by atoms with Gasteiger partial charge in [0.1, 0.15) is 5.82 Å². The van der Waals surface area contributed by atoms with Gasteiger partial charge in [-0.2, -0.15) is 0 Å². The van der Waals surface area contributed by atoms with Crippen LogP contribution in [0.25, 0.3) is 0 Å². The van der Waals surface area contributed by atoms with Crippen molar-refractivity contribution in [2.75, 3.05) is 39.9 Å². The molecule has 0 radical (unpaired) electrons. The van der Waals surface area contributed by atoms with Gasteiger partial charge in [0.25, 0.3) is 0 Å². The Morgan fingerprint density at radius 1 is 1.19 bits per heavy atom. The Morgan fingerprint density at radius 2 is 1.93 bits per heavy atom. The van der Waals surface area contributed by atoms with Crippen molar-refractivity contribution in [2.24, 2.45) is 10.4 Å². The second-order valence-corrected chi connectivity index (χ2v) is 8.37. The molecule has 1 aliphatic carbocycles. The molecular formula is C21H31FIN3O. The standard InChI is InChI=1S/C21H30FN3O.HI/c1-23-19(25-12-10-20(15-25)11-13-26-16-20)24-14-21(8-2-3-9-21)17-4-6-18(22)7-5-17;/h4-7H,2-3,8-16H2,1H3,(H,23,24);1H. The predicted molar refractivity (Wildman–Crippen MR) is 117 cm³/mol. The maximum Gasteiger partial charge on any atom is 0.193 e. The number of hydrogen-bond acceptors (Lipinski definition) is 2. The molecule has 0 aromatic heterocycles. The lowest BCUT2D eigenvalue weighted by Crippen LogP contribution is -2.46. The Bertz CT molecular complexity index is 652. The molecule has 1 atom stereocenters. The van der Waals surface area contributed by atoms with Gasteiger partial charge in [-0.15, -0.1) is 24.0 Å². The topological polar surface area (TPSA) is 36.9 Å². The Kier molecular flexibility index (Phi) is 6.66. The fraction of sp³-hybridized carbons (Fsp3) is 0.667. The molecule has 6 heteroatoms. The molecule has 0 amide bonds. The molecule has 27 heavy (non-hydrogen) atoms. The highest BCUT2D eigenvalue weighted by molar-refractivity contribution is 14.0. The van der Waals surface area contributed by atoms with E-state index in [9.17, 15) is 4.39 Å². The van der Waals surface area contributed by atoms with Crippen molar-refractivity contribution in [3.63, 3.8) is 0 Å². The number of halogens is 2. The van der Waals surface area contributed by atoms with Gasteiger partial charge in [-0.1, -0.05) is 25.0 Å². The van der Waals surface area contributed by atoms with Gasteiger partial charge < -0.3 is 15.0 Å². The van der Waals surface area contributed by atoms with Crippen LogP contribution in [-0.2, 0) is 10.2 Å². The number of guanidine groups is 1. The van der Waals surface area contributed by atoms with Crippen molar-refractivity contribution in [1.29, 1.82) is 0 Å². The molecule has 1 aromatic rings. The second kappa shape index (κ2) is 8.64. The number of ether oxygens (including phenoxy) is 1. The lowest BCUT2D eigenvalue weighted by atomic mass is 9.79. The molecule has 1 aromatic carbocycles. The lowest BCUT2D eigenvalue weighted by Gasteiger charge is -2.33. The lowest BCUT2D eigenvalue weighted by molar-refractivity contribution is 0.156. The maximum atomic E-state index is 13.4. The zero-order valence-corrected chi connectivity index (χ0v) is 18.5. The molecule has 0 bridgehead atoms. The zero-order chi connectivity index (χ0) is 18.0. The second-order valence-electron chi connectivity index (χ2n) is 8.37. The molecule has 4 rings (SSSR count). The zero-order valence-electron chi connectivity index (χ0n) is 16.2.